The molecular weight excluding hydrogens is 216 g/mol. The molecule has 1 fully saturated rings. The third-order valence-electron chi connectivity index (χ3n) is 3.33. The van der Waals surface area contributed by atoms with E-state index in [2.05, 4.69) is 21.8 Å². The zero-order chi connectivity index (χ0) is 12.3. The minimum atomic E-state index is 0.0125. The molecule has 0 radical (unpaired) electrons. The zero-order valence-electron chi connectivity index (χ0n) is 10.3. The molecule has 1 atom stereocenters. The van der Waals surface area contributed by atoms with Gasteiger partial charge in [-0.05, 0) is 25.5 Å². The third-order valence-corrected chi connectivity index (χ3v) is 3.33. The van der Waals surface area contributed by atoms with Gasteiger partial charge in [0.15, 0.2) is 0 Å². The van der Waals surface area contributed by atoms with Crippen LogP contribution in [-0.2, 0) is 6.54 Å². The normalized spacial score (nSPS) is 26.0. The van der Waals surface area contributed by atoms with Crippen LogP contribution in [0.2, 0.25) is 0 Å². The van der Waals surface area contributed by atoms with Crippen LogP contribution < -0.4 is 5.73 Å². The Morgan fingerprint density at radius 2 is 2.41 bits per heavy atom. The number of aliphatic hydroxyl groups is 1. The average Bonchev–Trinajstić information content (AvgIpc) is 2.29. The summed E-state index contributed by atoms with van der Waals surface area (Å²) < 4.78 is 0. The van der Waals surface area contributed by atoms with Crippen LogP contribution in [0.1, 0.15) is 25.6 Å². The van der Waals surface area contributed by atoms with Crippen LogP contribution in [0.25, 0.3) is 0 Å². The standard InChI is InChI=1S/C12H20N4O/c1-12(9-17)4-2-6-16(8-12)7-11-14-5-3-10(13)15-11/h3,5,17H,2,4,6-9H2,1H3,(H2,13,14,15). The molecule has 1 aliphatic rings. The molecule has 1 aromatic rings. The number of nitrogen functional groups attached to an aromatic ring is 1. The molecule has 3 N–H and O–H groups in total. The van der Waals surface area contributed by atoms with Gasteiger partial charge in [0, 0.05) is 24.8 Å². The van der Waals surface area contributed by atoms with E-state index in [9.17, 15) is 5.11 Å². The fourth-order valence-corrected chi connectivity index (χ4v) is 2.38. The van der Waals surface area contributed by atoms with Gasteiger partial charge in [0.05, 0.1) is 6.54 Å². The Balaban J connectivity index is 1.99. The highest BCUT2D eigenvalue weighted by molar-refractivity contribution is 5.24. The fraction of sp³-hybridized carbons (Fsp3) is 0.667. The van der Waals surface area contributed by atoms with E-state index in [1.165, 1.54) is 0 Å². The number of anilines is 1. The van der Waals surface area contributed by atoms with Crippen molar-refractivity contribution >= 4 is 5.82 Å². The molecule has 17 heavy (non-hydrogen) atoms. The van der Waals surface area contributed by atoms with E-state index < -0.39 is 0 Å². The van der Waals surface area contributed by atoms with Crippen molar-refractivity contribution in [2.45, 2.75) is 26.3 Å². The monoisotopic (exact) mass is 236 g/mol. The molecule has 94 valence electrons. The van der Waals surface area contributed by atoms with Gasteiger partial charge in [-0.2, -0.15) is 0 Å². The van der Waals surface area contributed by atoms with Crippen LogP contribution in [0.15, 0.2) is 12.3 Å². The van der Waals surface area contributed by atoms with Crippen molar-refractivity contribution in [2.75, 3.05) is 25.4 Å². The van der Waals surface area contributed by atoms with E-state index in [1.54, 1.807) is 12.3 Å². The number of nitrogens with two attached hydrogens (primary N) is 1. The van der Waals surface area contributed by atoms with Gasteiger partial charge < -0.3 is 10.8 Å². The molecule has 1 unspecified atom stereocenters. The Bertz CT molecular complexity index is 385. The Morgan fingerprint density at radius 3 is 3.12 bits per heavy atom. The molecular formula is C12H20N4O. The van der Waals surface area contributed by atoms with Crippen molar-refractivity contribution in [2.24, 2.45) is 5.41 Å². The summed E-state index contributed by atoms with van der Waals surface area (Å²) in [5.41, 5.74) is 5.65. The highest BCUT2D eigenvalue weighted by Gasteiger charge is 2.30. The average molecular weight is 236 g/mol. The molecule has 1 aromatic heterocycles. The van der Waals surface area contributed by atoms with E-state index >= 15 is 0 Å². The van der Waals surface area contributed by atoms with Gasteiger partial charge in [0.1, 0.15) is 11.6 Å². The maximum atomic E-state index is 9.40. The summed E-state index contributed by atoms with van der Waals surface area (Å²) in [7, 11) is 0. The minimum Gasteiger partial charge on any atom is -0.396 e. The lowest BCUT2D eigenvalue weighted by Gasteiger charge is -2.38. The largest absolute Gasteiger partial charge is 0.396 e. The number of hydrogen-bond donors (Lipinski definition) is 2. The number of aliphatic hydroxyl groups excluding tert-OH is 1. The zero-order valence-corrected chi connectivity index (χ0v) is 10.3. The molecule has 1 saturated heterocycles. The molecule has 2 heterocycles. The summed E-state index contributed by atoms with van der Waals surface area (Å²) in [6.07, 6.45) is 3.88. The topological polar surface area (TPSA) is 75.3 Å². The summed E-state index contributed by atoms with van der Waals surface area (Å²) >= 11 is 0. The number of nitrogens with zero attached hydrogens (tertiary/aromatic N) is 3. The van der Waals surface area contributed by atoms with E-state index in [0.29, 0.717) is 12.4 Å². The van der Waals surface area contributed by atoms with E-state index in [4.69, 9.17) is 5.73 Å². The molecule has 0 aromatic carbocycles. The lowest BCUT2D eigenvalue weighted by Crippen LogP contribution is -2.43. The maximum Gasteiger partial charge on any atom is 0.144 e. The van der Waals surface area contributed by atoms with Crippen molar-refractivity contribution < 1.29 is 5.11 Å². The Labute approximate surface area is 102 Å². The molecule has 0 spiro atoms. The van der Waals surface area contributed by atoms with Gasteiger partial charge in [0.25, 0.3) is 0 Å². The summed E-state index contributed by atoms with van der Waals surface area (Å²) in [5.74, 6) is 1.27. The second-order valence-corrected chi connectivity index (χ2v) is 5.18. The van der Waals surface area contributed by atoms with Gasteiger partial charge in [-0.15, -0.1) is 0 Å². The number of piperidine rings is 1. The van der Waals surface area contributed by atoms with Gasteiger partial charge >= 0.3 is 0 Å². The molecule has 0 amide bonds. The molecule has 0 bridgehead atoms. The smallest absolute Gasteiger partial charge is 0.144 e. The van der Waals surface area contributed by atoms with Crippen molar-refractivity contribution in [1.29, 1.82) is 0 Å². The predicted octanol–water partition coefficient (Wildman–Crippen LogP) is 0.653. The number of aromatic nitrogens is 2. The van der Waals surface area contributed by atoms with Crippen LogP contribution in [0.5, 0.6) is 0 Å². The second kappa shape index (κ2) is 4.98. The number of rotatable bonds is 3. The fourth-order valence-electron chi connectivity index (χ4n) is 2.38. The van der Waals surface area contributed by atoms with Crippen molar-refractivity contribution in [1.82, 2.24) is 14.9 Å². The van der Waals surface area contributed by atoms with Gasteiger partial charge in [-0.25, -0.2) is 9.97 Å². The first kappa shape index (κ1) is 12.3. The molecule has 1 aliphatic heterocycles. The van der Waals surface area contributed by atoms with Gasteiger partial charge in [-0.3, -0.25) is 4.90 Å². The molecule has 5 nitrogen and oxygen atoms in total. The highest BCUT2D eigenvalue weighted by Crippen LogP contribution is 2.29. The molecule has 0 saturated carbocycles. The minimum absolute atomic E-state index is 0.0125. The Morgan fingerprint density at radius 1 is 1.59 bits per heavy atom. The summed E-state index contributed by atoms with van der Waals surface area (Å²) in [5, 5.41) is 9.40. The molecule has 0 aliphatic carbocycles. The van der Waals surface area contributed by atoms with Crippen LogP contribution >= 0.6 is 0 Å². The van der Waals surface area contributed by atoms with Crippen LogP contribution in [-0.4, -0.2) is 39.7 Å². The highest BCUT2D eigenvalue weighted by atomic mass is 16.3. The second-order valence-electron chi connectivity index (χ2n) is 5.18. The van der Waals surface area contributed by atoms with E-state index in [1.807, 2.05) is 0 Å². The first-order valence-corrected chi connectivity index (χ1v) is 6.02. The SMILES string of the molecule is CC1(CO)CCCN(Cc2nccc(N)n2)C1. The van der Waals surface area contributed by atoms with Crippen molar-refractivity contribution in [3.05, 3.63) is 18.1 Å². The third kappa shape index (κ3) is 3.14. The molecule has 2 rings (SSSR count). The number of likely N-dealkylation sites (tertiary alicyclic amines) is 1. The Kier molecular flexibility index (Phi) is 3.59. The van der Waals surface area contributed by atoms with Crippen molar-refractivity contribution in [3.63, 3.8) is 0 Å². The van der Waals surface area contributed by atoms with Crippen LogP contribution in [0, 0.1) is 5.41 Å². The first-order chi connectivity index (χ1) is 8.11. The first-order valence-electron chi connectivity index (χ1n) is 6.02. The van der Waals surface area contributed by atoms with E-state index in [-0.39, 0.29) is 12.0 Å². The number of hydrogen-bond acceptors (Lipinski definition) is 5. The maximum absolute atomic E-state index is 9.40. The predicted molar refractivity (Wildman–Crippen MR) is 66.1 cm³/mol. The lowest BCUT2D eigenvalue weighted by atomic mass is 9.83. The van der Waals surface area contributed by atoms with E-state index in [0.717, 1.165) is 31.8 Å². The quantitative estimate of drug-likeness (QED) is 0.806. The molecule has 5 heteroatoms. The van der Waals surface area contributed by atoms with Gasteiger partial charge in [-0.1, -0.05) is 6.92 Å². The lowest BCUT2D eigenvalue weighted by molar-refractivity contribution is 0.0417. The Hall–Kier alpha value is -1.20. The summed E-state index contributed by atoms with van der Waals surface area (Å²) in [6, 6.07) is 1.69. The van der Waals surface area contributed by atoms with Crippen LogP contribution in [0.3, 0.4) is 0 Å². The van der Waals surface area contributed by atoms with Crippen molar-refractivity contribution in [3.8, 4) is 0 Å². The van der Waals surface area contributed by atoms with Gasteiger partial charge in [0.2, 0.25) is 0 Å². The summed E-state index contributed by atoms with van der Waals surface area (Å²) in [4.78, 5) is 10.7. The van der Waals surface area contributed by atoms with Crippen LogP contribution in [0.4, 0.5) is 5.82 Å². The summed E-state index contributed by atoms with van der Waals surface area (Å²) in [6.45, 7) is 5.00.